The maximum Gasteiger partial charge on any atom is 0.0899 e. The van der Waals surface area contributed by atoms with Crippen LogP contribution in [0.15, 0.2) is 29.4 Å². The smallest absolute Gasteiger partial charge is 0.0899 e. The number of aryl methyl sites for hydroxylation is 1. The van der Waals surface area contributed by atoms with Gasteiger partial charge in [0.1, 0.15) is 0 Å². The number of H-pyrrole nitrogens is 1. The molecule has 0 aliphatic heterocycles. The molecule has 0 fully saturated rings. The van der Waals surface area contributed by atoms with Gasteiger partial charge in [-0.1, -0.05) is 23.4 Å². The van der Waals surface area contributed by atoms with Crippen molar-refractivity contribution in [2.75, 3.05) is 0 Å². The second-order valence-corrected chi connectivity index (χ2v) is 2.95. The molecular formula is C10H10N2O. The SMILES string of the molecule is Cc1c(/C=N\O)[nH]c2ccccc12. The zero-order chi connectivity index (χ0) is 9.26. The van der Waals surface area contributed by atoms with Gasteiger partial charge in [-0.05, 0) is 18.6 Å². The first kappa shape index (κ1) is 7.86. The predicted octanol–water partition coefficient (Wildman–Crippen LogP) is 2.28. The monoisotopic (exact) mass is 174 g/mol. The lowest BCUT2D eigenvalue weighted by molar-refractivity contribution is 0.321. The van der Waals surface area contributed by atoms with Crippen LogP contribution < -0.4 is 0 Å². The van der Waals surface area contributed by atoms with Crippen LogP contribution in [0, 0.1) is 6.92 Å². The van der Waals surface area contributed by atoms with Crippen molar-refractivity contribution in [1.82, 2.24) is 4.98 Å². The molecule has 1 aromatic heterocycles. The summed E-state index contributed by atoms with van der Waals surface area (Å²) in [5, 5.41) is 12.6. The number of para-hydroxylation sites is 1. The molecule has 0 aliphatic rings. The van der Waals surface area contributed by atoms with Gasteiger partial charge in [-0.2, -0.15) is 0 Å². The number of oxime groups is 1. The molecule has 3 heteroatoms. The number of aromatic amines is 1. The number of hydrogen-bond acceptors (Lipinski definition) is 2. The van der Waals surface area contributed by atoms with Gasteiger partial charge in [0, 0.05) is 10.9 Å². The van der Waals surface area contributed by atoms with Crippen molar-refractivity contribution < 1.29 is 5.21 Å². The fourth-order valence-corrected chi connectivity index (χ4v) is 1.49. The van der Waals surface area contributed by atoms with E-state index in [2.05, 4.69) is 10.1 Å². The third-order valence-electron chi connectivity index (χ3n) is 2.19. The van der Waals surface area contributed by atoms with Crippen LogP contribution in [-0.4, -0.2) is 16.4 Å². The van der Waals surface area contributed by atoms with Gasteiger partial charge in [-0.25, -0.2) is 0 Å². The van der Waals surface area contributed by atoms with Crippen LogP contribution in [0.1, 0.15) is 11.3 Å². The molecule has 2 N–H and O–H groups in total. The normalized spacial score (nSPS) is 11.5. The molecule has 0 saturated heterocycles. The van der Waals surface area contributed by atoms with E-state index in [9.17, 15) is 0 Å². The van der Waals surface area contributed by atoms with Crippen molar-refractivity contribution in [3.8, 4) is 0 Å². The fraction of sp³-hybridized carbons (Fsp3) is 0.100. The van der Waals surface area contributed by atoms with Crippen molar-refractivity contribution >= 4 is 17.1 Å². The number of rotatable bonds is 1. The summed E-state index contributed by atoms with van der Waals surface area (Å²) in [6.45, 7) is 2.00. The minimum absolute atomic E-state index is 0.851. The van der Waals surface area contributed by atoms with E-state index in [4.69, 9.17) is 5.21 Å². The molecule has 3 nitrogen and oxygen atoms in total. The Morgan fingerprint density at radius 2 is 2.15 bits per heavy atom. The first-order valence-electron chi connectivity index (χ1n) is 4.07. The molecule has 0 unspecified atom stereocenters. The van der Waals surface area contributed by atoms with E-state index in [0.29, 0.717) is 0 Å². The minimum Gasteiger partial charge on any atom is -0.411 e. The highest BCUT2D eigenvalue weighted by atomic mass is 16.4. The number of nitrogens with zero attached hydrogens (tertiary/aromatic N) is 1. The highest BCUT2D eigenvalue weighted by molar-refractivity contribution is 5.93. The van der Waals surface area contributed by atoms with Crippen molar-refractivity contribution in [2.45, 2.75) is 6.92 Å². The summed E-state index contributed by atoms with van der Waals surface area (Å²) in [5.41, 5.74) is 3.02. The minimum atomic E-state index is 0.851. The van der Waals surface area contributed by atoms with E-state index in [-0.39, 0.29) is 0 Å². The maximum absolute atomic E-state index is 8.42. The van der Waals surface area contributed by atoms with E-state index in [1.54, 1.807) is 0 Å². The second kappa shape index (κ2) is 2.94. The van der Waals surface area contributed by atoms with Crippen molar-refractivity contribution in [1.29, 1.82) is 0 Å². The Morgan fingerprint density at radius 1 is 1.38 bits per heavy atom. The van der Waals surface area contributed by atoms with Gasteiger partial charge in [0.2, 0.25) is 0 Å². The van der Waals surface area contributed by atoms with Crippen molar-refractivity contribution in [3.05, 3.63) is 35.5 Å². The Labute approximate surface area is 75.7 Å². The van der Waals surface area contributed by atoms with E-state index in [1.807, 2.05) is 31.2 Å². The van der Waals surface area contributed by atoms with Crippen LogP contribution in [0.25, 0.3) is 10.9 Å². The zero-order valence-corrected chi connectivity index (χ0v) is 7.28. The quantitative estimate of drug-likeness (QED) is 0.389. The molecule has 0 radical (unpaired) electrons. The Hall–Kier alpha value is -1.77. The summed E-state index contributed by atoms with van der Waals surface area (Å²) in [7, 11) is 0. The fourth-order valence-electron chi connectivity index (χ4n) is 1.49. The number of aromatic nitrogens is 1. The Morgan fingerprint density at radius 3 is 2.85 bits per heavy atom. The van der Waals surface area contributed by atoms with E-state index in [0.717, 1.165) is 22.2 Å². The largest absolute Gasteiger partial charge is 0.411 e. The lowest BCUT2D eigenvalue weighted by Crippen LogP contribution is -1.82. The molecule has 0 aliphatic carbocycles. The summed E-state index contributed by atoms with van der Waals surface area (Å²) < 4.78 is 0. The topological polar surface area (TPSA) is 48.4 Å². The summed E-state index contributed by atoms with van der Waals surface area (Å²) in [6.07, 6.45) is 1.41. The van der Waals surface area contributed by atoms with Crippen molar-refractivity contribution in [2.24, 2.45) is 5.16 Å². The lowest BCUT2D eigenvalue weighted by Gasteiger charge is -1.88. The highest BCUT2D eigenvalue weighted by Gasteiger charge is 2.03. The molecular weight excluding hydrogens is 164 g/mol. The van der Waals surface area contributed by atoms with Gasteiger partial charge in [0.25, 0.3) is 0 Å². The highest BCUT2D eigenvalue weighted by Crippen LogP contribution is 2.19. The molecule has 0 atom stereocenters. The predicted molar refractivity (Wildman–Crippen MR) is 52.4 cm³/mol. The third-order valence-corrected chi connectivity index (χ3v) is 2.19. The molecule has 0 saturated carbocycles. The van der Waals surface area contributed by atoms with E-state index in [1.165, 1.54) is 6.21 Å². The molecule has 1 heterocycles. The number of fused-ring (bicyclic) bond motifs is 1. The standard InChI is InChI=1S/C10H10N2O/c1-7-8-4-2-3-5-9(8)12-10(7)6-11-13/h2-6,12-13H,1H3/b11-6-. The molecule has 66 valence electrons. The number of hydrogen-bond donors (Lipinski definition) is 2. The lowest BCUT2D eigenvalue weighted by atomic mass is 10.1. The van der Waals surface area contributed by atoms with Crippen LogP contribution >= 0.6 is 0 Å². The molecule has 0 bridgehead atoms. The third kappa shape index (κ3) is 1.18. The summed E-state index contributed by atoms with van der Waals surface area (Å²) in [5.74, 6) is 0. The van der Waals surface area contributed by atoms with Gasteiger partial charge in [-0.3, -0.25) is 0 Å². The van der Waals surface area contributed by atoms with Crippen LogP contribution in [0.4, 0.5) is 0 Å². The molecule has 2 rings (SSSR count). The Bertz CT molecular complexity index is 457. The van der Waals surface area contributed by atoms with E-state index >= 15 is 0 Å². The summed E-state index contributed by atoms with van der Waals surface area (Å²) in [4.78, 5) is 3.16. The molecule has 0 amide bonds. The maximum atomic E-state index is 8.42. The molecule has 2 aromatic rings. The number of nitrogens with one attached hydrogen (secondary N) is 1. The molecule has 0 spiro atoms. The van der Waals surface area contributed by atoms with Crippen molar-refractivity contribution in [3.63, 3.8) is 0 Å². The van der Waals surface area contributed by atoms with Gasteiger partial charge < -0.3 is 10.2 Å². The number of benzene rings is 1. The average Bonchev–Trinajstić information content (AvgIpc) is 2.46. The van der Waals surface area contributed by atoms with Crippen LogP contribution in [-0.2, 0) is 0 Å². The van der Waals surface area contributed by atoms with Gasteiger partial charge in [-0.15, -0.1) is 0 Å². The van der Waals surface area contributed by atoms with Gasteiger partial charge >= 0.3 is 0 Å². The summed E-state index contributed by atoms with van der Waals surface area (Å²) >= 11 is 0. The zero-order valence-electron chi connectivity index (χ0n) is 7.28. The molecule has 13 heavy (non-hydrogen) atoms. The molecule has 1 aromatic carbocycles. The van der Waals surface area contributed by atoms with Crippen LogP contribution in [0.3, 0.4) is 0 Å². The first-order chi connectivity index (χ1) is 6.33. The Kier molecular flexibility index (Phi) is 1.77. The second-order valence-electron chi connectivity index (χ2n) is 2.95. The first-order valence-corrected chi connectivity index (χ1v) is 4.07. The van der Waals surface area contributed by atoms with Crippen LogP contribution in [0.2, 0.25) is 0 Å². The van der Waals surface area contributed by atoms with E-state index < -0.39 is 0 Å². The Balaban J connectivity index is 2.73. The van der Waals surface area contributed by atoms with Crippen LogP contribution in [0.5, 0.6) is 0 Å². The summed E-state index contributed by atoms with van der Waals surface area (Å²) in [6, 6.07) is 7.99. The van der Waals surface area contributed by atoms with Gasteiger partial charge in [0.15, 0.2) is 0 Å². The average molecular weight is 174 g/mol. The van der Waals surface area contributed by atoms with Gasteiger partial charge in [0.05, 0.1) is 11.9 Å².